The Morgan fingerprint density at radius 1 is 1.13 bits per heavy atom. The molecule has 3 amide bonds. The fraction of sp³-hybridized carbons (Fsp3) is 0.810. The summed E-state index contributed by atoms with van der Waals surface area (Å²) in [5.41, 5.74) is -0.660. The summed E-state index contributed by atoms with van der Waals surface area (Å²) in [5, 5.41) is 14.6. The first-order valence-corrected chi connectivity index (χ1v) is 12.1. The van der Waals surface area contributed by atoms with E-state index >= 15 is 0 Å². The third kappa shape index (κ3) is 9.37. The van der Waals surface area contributed by atoms with Crippen molar-refractivity contribution >= 4 is 35.6 Å². The minimum Gasteiger partial charge on any atom is -0.480 e. The number of nitrogens with one attached hydrogen (secondary N) is 2. The summed E-state index contributed by atoms with van der Waals surface area (Å²) in [6.07, 6.45) is 2.68. The first kappa shape index (κ1) is 27.1. The van der Waals surface area contributed by atoms with Gasteiger partial charge in [0.25, 0.3) is 0 Å². The zero-order chi connectivity index (χ0) is 23.8. The number of aliphatic carboxylic acids is 1. The highest BCUT2D eigenvalue weighted by Gasteiger charge is 2.34. The number of ether oxygens (including phenoxy) is 1. The lowest BCUT2D eigenvalue weighted by Crippen LogP contribution is -2.53. The highest BCUT2D eigenvalue weighted by Crippen LogP contribution is 2.20. The van der Waals surface area contributed by atoms with Crippen LogP contribution in [-0.2, 0) is 19.1 Å². The molecule has 1 aliphatic heterocycles. The third-order valence-electron chi connectivity index (χ3n) is 5.01. The maximum Gasteiger partial charge on any atom is 0.408 e. The molecule has 31 heavy (non-hydrogen) atoms. The summed E-state index contributed by atoms with van der Waals surface area (Å²) in [5.74, 6) is -1.40. The van der Waals surface area contributed by atoms with E-state index in [1.807, 2.05) is 6.26 Å². The number of alkyl carbamates (subject to hydrolysis) is 1. The molecule has 0 aromatic rings. The molecule has 2 atom stereocenters. The highest BCUT2D eigenvalue weighted by molar-refractivity contribution is 7.98. The van der Waals surface area contributed by atoms with E-state index in [0.717, 1.165) is 0 Å². The second-order valence-corrected chi connectivity index (χ2v) is 10.1. The molecule has 9 nitrogen and oxygen atoms in total. The van der Waals surface area contributed by atoms with Crippen LogP contribution in [0.2, 0.25) is 0 Å². The maximum atomic E-state index is 13.0. The van der Waals surface area contributed by atoms with Crippen LogP contribution in [0.15, 0.2) is 0 Å². The molecule has 3 N–H and O–H groups in total. The minimum atomic E-state index is -1.05. The SMILES string of the molecule is CSCC[C@H](NC(=O)OC(C)(C)C)C(=O)N1CCC(C(=O)N[C@H](C(=O)O)C(C)C)CC1. The van der Waals surface area contributed by atoms with Crippen LogP contribution in [0.5, 0.6) is 0 Å². The molecule has 0 aromatic heterocycles. The number of carbonyl (C=O) groups is 4. The van der Waals surface area contributed by atoms with Crippen molar-refractivity contribution in [1.82, 2.24) is 15.5 Å². The van der Waals surface area contributed by atoms with Gasteiger partial charge in [0.05, 0.1) is 0 Å². The van der Waals surface area contributed by atoms with Gasteiger partial charge in [-0.1, -0.05) is 13.8 Å². The smallest absolute Gasteiger partial charge is 0.408 e. The average molecular weight is 460 g/mol. The van der Waals surface area contributed by atoms with E-state index in [4.69, 9.17) is 4.74 Å². The monoisotopic (exact) mass is 459 g/mol. The van der Waals surface area contributed by atoms with E-state index in [2.05, 4.69) is 10.6 Å². The second kappa shape index (κ2) is 12.2. The number of nitrogens with zero attached hydrogens (tertiary/aromatic N) is 1. The van der Waals surface area contributed by atoms with Crippen LogP contribution in [-0.4, -0.2) is 76.7 Å². The van der Waals surface area contributed by atoms with Crippen LogP contribution >= 0.6 is 11.8 Å². The number of likely N-dealkylation sites (tertiary alicyclic amines) is 1. The molecule has 1 rings (SSSR count). The average Bonchev–Trinajstić information content (AvgIpc) is 2.66. The lowest BCUT2D eigenvalue weighted by atomic mass is 9.94. The van der Waals surface area contributed by atoms with Crippen LogP contribution in [0, 0.1) is 11.8 Å². The summed E-state index contributed by atoms with van der Waals surface area (Å²) in [6.45, 7) is 9.52. The fourth-order valence-corrected chi connectivity index (χ4v) is 3.78. The Labute approximate surface area is 189 Å². The molecule has 1 heterocycles. The van der Waals surface area contributed by atoms with Crippen LogP contribution in [0.1, 0.15) is 53.9 Å². The Bertz CT molecular complexity index is 642. The van der Waals surface area contributed by atoms with E-state index in [9.17, 15) is 24.3 Å². The number of thioether (sulfide) groups is 1. The molecular weight excluding hydrogens is 422 g/mol. The zero-order valence-corrected chi connectivity index (χ0v) is 20.2. The molecule has 1 saturated heterocycles. The van der Waals surface area contributed by atoms with Gasteiger partial charge in [-0.05, 0) is 58.0 Å². The molecule has 0 aliphatic carbocycles. The maximum absolute atomic E-state index is 13.0. The summed E-state index contributed by atoms with van der Waals surface area (Å²) in [4.78, 5) is 50.6. The molecule has 0 aromatic carbocycles. The zero-order valence-electron chi connectivity index (χ0n) is 19.4. The van der Waals surface area contributed by atoms with Crippen molar-refractivity contribution < 1.29 is 29.0 Å². The molecule has 10 heteroatoms. The van der Waals surface area contributed by atoms with Crippen molar-refractivity contribution in [3.8, 4) is 0 Å². The van der Waals surface area contributed by atoms with Gasteiger partial charge in [0.2, 0.25) is 11.8 Å². The molecule has 0 radical (unpaired) electrons. The van der Waals surface area contributed by atoms with Gasteiger partial charge < -0.3 is 25.4 Å². The predicted octanol–water partition coefficient (Wildman–Crippen LogP) is 2.10. The Kier molecular flexibility index (Phi) is 10.6. The van der Waals surface area contributed by atoms with Crippen LogP contribution in [0.25, 0.3) is 0 Å². The van der Waals surface area contributed by atoms with Crippen LogP contribution < -0.4 is 10.6 Å². The van der Waals surface area contributed by atoms with Crippen molar-refractivity contribution in [1.29, 1.82) is 0 Å². The van der Waals surface area contributed by atoms with Crippen molar-refractivity contribution in [2.24, 2.45) is 11.8 Å². The first-order valence-electron chi connectivity index (χ1n) is 10.7. The summed E-state index contributed by atoms with van der Waals surface area (Å²) in [6, 6.07) is -1.62. The lowest BCUT2D eigenvalue weighted by molar-refractivity contribution is -0.144. The summed E-state index contributed by atoms with van der Waals surface area (Å²) in [7, 11) is 0. The molecule has 0 spiro atoms. The summed E-state index contributed by atoms with van der Waals surface area (Å²) >= 11 is 1.59. The number of piperidine rings is 1. The van der Waals surface area contributed by atoms with Gasteiger partial charge >= 0.3 is 12.1 Å². The fourth-order valence-electron chi connectivity index (χ4n) is 3.31. The number of hydrogen-bond donors (Lipinski definition) is 3. The minimum absolute atomic E-state index is 0.190. The van der Waals surface area contributed by atoms with E-state index in [1.165, 1.54) is 0 Å². The van der Waals surface area contributed by atoms with Crippen molar-refractivity contribution in [3.63, 3.8) is 0 Å². The highest BCUT2D eigenvalue weighted by atomic mass is 32.2. The molecule has 0 bridgehead atoms. The molecule has 0 unspecified atom stereocenters. The van der Waals surface area contributed by atoms with Crippen molar-refractivity contribution in [3.05, 3.63) is 0 Å². The molecular formula is C21H37N3O6S. The van der Waals surface area contributed by atoms with Crippen molar-refractivity contribution in [2.75, 3.05) is 25.1 Å². The number of hydrogen-bond acceptors (Lipinski definition) is 6. The van der Waals surface area contributed by atoms with Crippen molar-refractivity contribution in [2.45, 2.75) is 71.6 Å². The van der Waals surface area contributed by atoms with E-state index in [1.54, 1.807) is 51.3 Å². The Morgan fingerprint density at radius 2 is 1.71 bits per heavy atom. The van der Waals surface area contributed by atoms with Gasteiger partial charge in [-0.15, -0.1) is 0 Å². The predicted molar refractivity (Wildman–Crippen MR) is 120 cm³/mol. The standard InChI is InChI=1S/C21H37N3O6S/c1-13(2)16(19(27)28)23-17(25)14-7-10-24(11-8-14)18(26)15(9-12-31-6)22-20(29)30-21(3,4)5/h13-16H,7-12H2,1-6H3,(H,22,29)(H,23,25)(H,27,28)/t15-,16-/m0/s1. The van der Waals surface area contributed by atoms with Crippen LogP contribution in [0.3, 0.4) is 0 Å². The number of carboxylic acid groups (broad SMARTS) is 1. The lowest BCUT2D eigenvalue weighted by Gasteiger charge is -2.34. The number of carboxylic acids is 1. The van der Waals surface area contributed by atoms with Gasteiger partial charge in [-0.25, -0.2) is 9.59 Å². The van der Waals surface area contributed by atoms with Gasteiger partial charge in [0, 0.05) is 19.0 Å². The topological polar surface area (TPSA) is 125 Å². The van der Waals surface area contributed by atoms with E-state index < -0.39 is 29.7 Å². The largest absolute Gasteiger partial charge is 0.480 e. The normalized spacial score (nSPS) is 17.1. The number of rotatable bonds is 9. The quantitative estimate of drug-likeness (QED) is 0.482. The molecule has 1 aliphatic rings. The summed E-state index contributed by atoms with van der Waals surface area (Å²) < 4.78 is 5.28. The Morgan fingerprint density at radius 3 is 2.16 bits per heavy atom. The Balaban J connectivity index is 2.68. The van der Waals surface area contributed by atoms with Crippen LogP contribution in [0.4, 0.5) is 4.79 Å². The van der Waals surface area contributed by atoms with E-state index in [0.29, 0.717) is 38.1 Å². The Hall–Kier alpha value is -1.97. The molecule has 1 fully saturated rings. The van der Waals surface area contributed by atoms with Gasteiger partial charge in [-0.2, -0.15) is 11.8 Å². The first-order chi connectivity index (χ1) is 14.4. The van der Waals surface area contributed by atoms with Gasteiger partial charge in [-0.3, -0.25) is 9.59 Å². The molecule has 0 saturated carbocycles. The number of carbonyl (C=O) groups excluding carboxylic acids is 3. The van der Waals surface area contributed by atoms with E-state index in [-0.39, 0.29) is 23.7 Å². The molecule has 178 valence electrons. The van der Waals surface area contributed by atoms with Gasteiger partial charge in [0.15, 0.2) is 0 Å². The third-order valence-corrected chi connectivity index (χ3v) is 5.65. The second-order valence-electron chi connectivity index (χ2n) is 9.15. The number of amides is 3. The van der Waals surface area contributed by atoms with Gasteiger partial charge in [0.1, 0.15) is 17.7 Å².